The zero-order valence-corrected chi connectivity index (χ0v) is 15.7. The van der Waals surface area contributed by atoms with Crippen molar-refractivity contribution < 1.29 is 9.47 Å². The SMILES string of the molecule is CCCCOc1c(OCCCC)c2cccc3ccc4cccc1c4c32. The third kappa shape index (κ3) is 2.84. The summed E-state index contributed by atoms with van der Waals surface area (Å²) in [7, 11) is 0. The smallest absolute Gasteiger partial charge is 0.169 e. The van der Waals surface area contributed by atoms with Crippen LogP contribution in [0.5, 0.6) is 11.5 Å². The Morgan fingerprint density at radius 1 is 0.615 bits per heavy atom. The molecule has 0 atom stereocenters. The standard InChI is InChI=1S/C24H26O2/c1-3-5-15-25-23-19-11-7-9-17-13-14-18-10-8-12-20(22(18)21(17)19)24(23)26-16-6-4-2/h7-14H,3-6,15-16H2,1-2H3. The van der Waals surface area contributed by atoms with Gasteiger partial charge in [-0.2, -0.15) is 0 Å². The van der Waals surface area contributed by atoms with E-state index in [-0.39, 0.29) is 0 Å². The minimum Gasteiger partial charge on any atom is -0.489 e. The lowest BCUT2D eigenvalue weighted by molar-refractivity contribution is 0.267. The van der Waals surface area contributed by atoms with E-state index in [0.717, 1.165) is 61.2 Å². The van der Waals surface area contributed by atoms with Crippen molar-refractivity contribution in [1.82, 2.24) is 0 Å². The van der Waals surface area contributed by atoms with Gasteiger partial charge in [0.1, 0.15) is 0 Å². The number of ether oxygens (including phenoxy) is 2. The van der Waals surface area contributed by atoms with E-state index < -0.39 is 0 Å². The van der Waals surface area contributed by atoms with Crippen LogP contribution in [0.3, 0.4) is 0 Å². The van der Waals surface area contributed by atoms with Gasteiger partial charge in [0.05, 0.1) is 13.2 Å². The Labute approximate surface area is 155 Å². The first kappa shape index (κ1) is 17.0. The van der Waals surface area contributed by atoms with Gasteiger partial charge in [0.25, 0.3) is 0 Å². The highest BCUT2D eigenvalue weighted by Crippen LogP contribution is 2.47. The molecule has 0 aromatic heterocycles. The molecule has 4 rings (SSSR count). The molecule has 26 heavy (non-hydrogen) atoms. The molecule has 0 saturated heterocycles. The van der Waals surface area contributed by atoms with Crippen molar-refractivity contribution in [2.24, 2.45) is 0 Å². The van der Waals surface area contributed by atoms with Crippen LogP contribution < -0.4 is 9.47 Å². The number of hydrogen-bond acceptors (Lipinski definition) is 2. The highest BCUT2D eigenvalue weighted by atomic mass is 16.5. The minimum absolute atomic E-state index is 0.723. The third-order valence-corrected chi connectivity index (χ3v) is 5.07. The Hall–Kier alpha value is -2.48. The van der Waals surface area contributed by atoms with E-state index in [2.05, 4.69) is 62.4 Å². The summed E-state index contributed by atoms with van der Waals surface area (Å²) in [5.41, 5.74) is 0. The van der Waals surface area contributed by atoms with Crippen LogP contribution in [0.25, 0.3) is 32.3 Å². The molecule has 0 aliphatic heterocycles. The third-order valence-electron chi connectivity index (χ3n) is 5.07. The molecule has 4 aromatic carbocycles. The molecule has 2 heteroatoms. The van der Waals surface area contributed by atoms with Gasteiger partial charge in [0.15, 0.2) is 11.5 Å². The molecular formula is C24H26O2. The van der Waals surface area contributed by atoms with E-state index in [9.17, 15) is 0 Å². The molecule has 0 radical (unpaired) electrons. The molecule has 0 unspecified atom stereocenters. The van der Waals surface area contributed by atoms with Gasteiger partial charge in [-0.1, -0.05) is 75.2 Å². The van der Waals surface area contributed by atoms with Crippen molar-refractivity contribution in [3.8, 4) is 11.5 Å². The first-order valence-corrected chi connectivity index (χ1v) is 9.80. The van der Waals surface area contributed by atoms with E-state index in [0.29, 0.717) is 0 Å². The quantitative estimate of drug-likeness (QED) is 0.254. The fourth-order valence-corrected chi connectivity index (χ4v) is 3.70. The van der Waals surface area contributed by atoms with Crippen molar-refractivity contribution >= 4 is 32.3 Å². The Morgan fingerprint density at radius 3 is 1.50 bits per heavy atom. The summed E-state index contributed by atoms with van der Waals surface area (Å²) in [4.78, 5) is 0. The predicted molar refractivity (Wildman–Crippen MR) is 111 cm³/mol. The molecule has 0 aliphatic carbocycles. The molecule has 0 bridgehead atoms. The van der Waals surface area contributed by atoms with Crippen LogP contribution in [0.4, 0.5) is 0 Å². The number of hydrogen-bond donors (Lipinski definition) is 0. The van der Waals surface area contributed by atoms with Gasteiger partial charge in [0.2, 0.25) is 0 Å². The van der Waals surface area contributed by atoms with Gasteiger partial charge in [-0.15, -0.1) is 0 Å². The monoisotopic (exact) mass is 346 g/mol. The predicted octanol–water partition coefficient (Wildman–Crippen LogP) is 6.94. The summed E-state index contributed by atoms with van der Waals surface area (Å²) in [6.45, 7) is 5.82. The van der Waals surface area contributed by atoms with Crippen LogP contribution in [0.15, 0.2) is 48.5 Å². The number of benzene rings is 4. The van der Waals surface area contributed by atoms with Gasteiger partial charge in [-0.05, 0) is 23.6 Å². The first-order chi connectivity index (χ1) is 12.8. The summed E-state index contributed by atoms with van der Waals surface area (Å²) in [5.74, 6) is 1.82. The normalized spacial score (nSPS) is 11.6. The van der Waals surface area contributed by atoms with Crippen molar-refractivity contribution in [3.63, 3.8) is 0 Å². The van der Waals surface area contributed by atoms with E-state index >= 15 is 0 Å². The van der Waals surface area contributed by atoms with E-state index in [1.54, 1.807) is 0 Å². The molecule has 134 valence electrons. The molecule has 4 aromatic rings. The second kappa shape index (κ2) is 7.41. The lowest BCUT2D eigenvalue weighted by Crippen LogP contribution is -2.04. The van der Waals surface area contributed by atoms with Gasteiger partial charge >= 0.3 is 0 Å². The van der Waals surface area contributed by atoms with Crippen molar-refractivity contribution in [2.45, 2.75) is 39.5 Å². The Morgan fingerprint density at radius 2 is 1.08 bits per heavy atom. The highest BCUT2D eigenvalue weighted by Gasteiger charge is 2.19. The van der Waals surface area contributed by atoms with Crippen LogP contribution in [0.2, 0.25) is 0 Å². The van der Waals surface area contributed by atoms with Crippen molar-refractivity contribution in [2.75, 3.05) is 13.2 Å². The van der Waals surface area contributed by atoms with Crippen molar-refractivity contribution in [1.29, 1.82) is 0 Å². The lowest BCUT2D eigenvalue weighted by atomic mass is 9.93. The molecule has 2 nitrogen and oxygen atoms in total. The van der Waals surface area contributed by atoms with Gasteiger partial charge in [-0.3, -0.25) is 0 Å². The Bertz CT molecular complexity index is 936. The average Bonchev–Trinajstić information content (AvgIpc) is 2.68. The van der Waals surface area contributed by atoms with Crippen LogP contribution in [0, 0.1) is 0 Å². The average molecular weight is 346 g/mol. The molecule has 0 amide bonds. The topological polar surface area (TPSA) is 18.5 Å². The molecule has 0 heterocycles. The van der Waals surface area contributed by atoms with Crippen LogP contribution in [-0.4, -0.2) is 13.2 Å². The summed E-state index contributed by atoms with van der Waals surface area (Å²) in [6, 6.07) is 17.3. The van der Waals surface area contributed by atoms with E-state index in [1.807, 2.05) is 0 Å². The molecule has 0 fully saturated rings. The maximum Gasteiger partial charge on any atom is 0.169 e. The lowest BCUT2D eigenvalue weighted by Gasteiger charge is -2.20. The zero-order chi connectivity index (χ0) is 17.9. The summed E-state index contributed by atoms with van der Waals surface area (Å²) < 4.78 is 12.6. The van der Waals surface area contributed by atoms with Crippen LogP contribution in [-0.2, 0) is 0 Å². The molecule has 0 saturated carbocycles. The number of rotatable bonds is 8. The van der Waals surface area contributed by atoms with Gasteiger partial charge in [0, 0.05) is 21.5 Å². The van der Waals surface area contributed by atoms with Crippen molar-refractivity contribution in [3.05, 3.63) is 48.5 Å². The summed E-state index contributed by atoms with van der Waals surface area (Å²) in [5, 5.41) is 7.41. The maximum absolute atomic E-state index is 6.30. The highest BCUT2D eigenvalue weighted by molar-refractivity contribution is 6.26. The second-order valence-corrected chi connectivity index (χ2v) is 6.94. The molecule has 0 aliphatic rings. The molecule has 0 spiro atoms. The van der Waals surface area contributed by atoms with Crippen LogP contribution >= 0.6 is 0 Å². The zero-order valence-electron chi connectivity index (χ0n) is 15.7. The first-order valence-electron chi connectivity index (χ1n) is 9.80. The summed E-state index contributed by atoms with van der Waals surface area (Å²) >= 11 is 0. The fraction of sp³-hybridized carbons (Fsp3) is 0.333. The number of unbranched alkanes of at least 4 members (excludes halogenated alkanes) is 2. The molecular weight excluding hydrogens is 320 g/mol. The Balaban J connectivity index is 2.00. The van der Waals surface area contributed by atoms with E-state index in [1.165, 1.54) is 21.5 Å². The Kier molecular flexibility index (Phi) is 4.83. The maximum atomic E-state index is 6.30. The largest absolute Gasteiger partial charge is 0.489 e. The van der Waals surface area contributed by atoms with Gasteiger partial charge in [-0.25, -0.2) is 0 Å². The van der Waals surface area contributed by atoms with Crippen LogP contribution in [0.1, 0.15) is 39.5 Å². The second-order valence-electron chi connectivity index (χ2n) is 6.94. The van der Waals surface area contributed by atoms with Gasteiger partial charge < -0.3 is 9.47 Å². The molecule has 0 N–H and O–H groups in total. The fourth-order valence-electron chi connectivity index (χ4n) is 3.70. The minimum atomic E-state index is 0.723. The summed E-state index contributed by atoms with van der Waals surface area (Å²) in [6.07, 6.45) is 4.34. The van der Waals surface area contributed by atoms with E-state index in [4.69, 9.17) is 9.47 Å².